The number of para-hydroxylation sites is 1. The fourth-order valence-corrected chi connectivity index (χ4v) is 2.07. The van der Waals surface area contributed by atoms with Crippen molar-refractivity contribution < 1.29 is 9.47 Å². The molecule has 0 fully saturated rings. The van der Waals surface area contributed by atoms with Gasteiger partial charge in [0.2, 0.25) is 0 Å². The standard InChI is InChI=1S/C15H20N2O2/c1-11-8-15(16-9-12(19-3)10-18-2)13-6-4-5-7-14(13)17-11/h4-8,12H,9-10H2,1-3H3,(H,16,17). The Hall–Kier alpha value is -1.65. The Morgan fingerprint density at radius 3 is 2.79 bits per heavy atom. The average Bonchev–Trinajstić information content (AvgIpc) is 2.43. The van der Waals surface area contributed by atoms with Crippen LogP contribution in [0, 0.1) is 6.92 Å². The van der Waals surface area contributed by atoms with Gasteiger partial charge in [0.25, 0.3) is 0 Å². The number of hydrogen-bond acceptors (Lipinski definition) is 4. The van der Waals surface area contributed by atoms with E-state index >= 15 is 0 Å². The molecule has 102 valence electrons. The van der Waals surface area contributed by atoms with Crippen molar-refractivity contribution in [1.29, 1.82) is 0 Å². The van der Waals surface area contributed by atoms with Gasteiger partial charge in [0.1, 0.15) is 0 Å². The molecule has 0 spiro atoms. The molecule has 4 heteroatoms. The Labute approximate surface area is 113 Å². The highest BCUT2D eigenvalue weighted by molar-refractivity contribution is 5.91. The van der Waals surface area contributed by atoms with Crippen LogP contribution in [0.2, 0.25) is 0 Å². The van der Waals surface area contributed by atoms with Crippen molar-refractivity contribution in [3.05, 3.63) is 36.0 Å². The molecular formula is C15H20N2O2. The first kappa shape index (κ1) is 13.8. The number of fused-ring (bicyclic) bond motifs is 1. The highest BCUT2D eigenvalue weighted by Gasteiger charge is 2.08. The monoisotopic (exact) mass is 260 g/mol. The zero-order valence-electron chi connectivity index (χ0n) is 11.6. The van der Waals surface area contributed by atoms with Crippen molar-refractivity contribution in [3.63, 3.8) is 0 Å². The van der Waals surface area contributed by atoms with Gasteiger partial charge < -0.3 is 14.8 Å². The van der Waals surface area contributed by atoms with E-state index in [0.29, 0.717) is 13.2 Å². The first-order chi connectivity index (χ1) is 9.24. The summed E-state index contributed by atoms with van der Waals surface area (Å²) in [4.78, 5) is 4.52. The van der Waals surface area contributed by atoms with E-state index in [1.54, 1.807) is 14.2 Å². The van der Waals surface area contributed by atoms with Crippen LogP contribution in [-0.4, -0.2) is 38.5 Å². The Kier molecular flexibility index (Phi) is 4.71. The minimum Gasteiger partial charge on any atom is -0.382 e. The van der Waals surface area contributed by atoms with Crippen LogP contribution in [0.3, 0.4) is 0 Å². The van der Waals surface area contributed by atoms with Gasteiger partial charge in [-0.15, -0.1) is 0 Å². The Morgan fingerprint density at radius 2 is 2.05 bits per heavy atom. The van der Waals surface area contributed by atoms with E-state index in [2.05, 4.69) is 22.4 Å². The number of nitrogens with one attached hydrogen (secondary N) is 1. The van der Waals surface area contributed by atoms with Crippen molar-refractivity contribution in [3.8, 4) is 0 Å². The molecule has 1 N–H and O–H groups in total. The zero-order chi connectivity index (χ0) is 13.7. The van der Waals surface area contributed by atoms with Gasteiger partial charge in [0.15, 0.2) is 0 Å². The first-order valence-electron chi connectivity index (χ1n) is 6.36. The molecule has 2 rings (SSSR count). The van der Waals surface area contributed by atoms with Crippen LogP contribution in [-0.2, 0) is 9.47 Å². The van der Waals surface area contributed by atoms with E-state index in [1.165, 1.54) is 0 Å². The van der Waals surface area contributed by atoms with E-state index in [0.717, 1.165) is 22.3 Å². The van der Waals surface area contributed by atoms with Gasteiger partial charge in [-0.25, -0.2) is 0 Å². The Bertz CT molecular complexity index is 543. The van der Waals surface area contributed by atoms with Crippen molar-refractivity contribution >= 4 is 16.6 Å². The third-order valence-corrected chi connectivity index (χ3v) is 3.05. The molecule has 19 heavy (non-hydrogen) atoms. The molecule has 0 amide bonds. The average molecular weight is 260 g/mol. The summed E-state index contributed by atoms with van der Waals surface area (Å²) in [5.74, 6) is 0. The number of benzene rings is 1. The third-order valence-electron chi connectivity index (χ3n) is 3.05. The van der Waals surface area contributed by atoms with Gasteiger partial charge in [0, 0.05) is 37.5 Å². The number of pyridine rings is 1. The molecule has 0 saturated heterocycles. The minimum atomic E-state index is 0.0391. The van der Waals surface area contributed by atoms with Gasteiger partial charge in [-0.3, -0.25) is 4.98 Å². The molecule has 1 aromatic carbocycles. The fourth-order valence-electron chi connectivity index (χ4n) is 2.07. The van der Waals surface area contributed by atoms with E-state index in [1.807, 2.05) is 25.1 Å². The molecule has 0 radical (unpaired) electrons. The number of aromatic nitrogens is 1. The molecule has 1 aromatic heterocycles. The fraction of sp³-hybridized carbons (Fsp3) is 0.400. The lowest BCUT2D eigenvalue weighted by molar-refractivity contribution is 0.0366. The summed E-state index contributed by atoms with van der Waals surface area (Å²) >= 11 is 0. The molecule has 0 aliphatic rings. The van der Waals surface area contributed by atoms with E-state index in [9.17, 15) is 0 Å². The number of aryl methyl sites for hydroxylation is 1. The zero-order valence-corrected chi connectivity index (χ0v) is 11.6. The van der Waals surface area contributed by atoms with Crippen LogP contribution in [0.5, 0.6) is 0 Å². The minimum absolute atomic E-state index is 0.0391. The normalized spacial score (nSPS) is 12.6. The highest BCUT2D eigenvalue weighted by atomic mass is 16.5. The summed E-state index contributed by atoms with van der Waals surface area (Å²) in [5, 5.41) is 4.54. The van der Waals surface area contributed by atoms with Crippen molar-refractivity contribution in [2.45, 2.75) is 13.0 Å². The van der Waals surface area contributed by atoms with Crippen LogP contribution in [0.25, 0.3) is 10.9 Å². The van der Waals surface area contributed by atoms with Gasteiger partial charge in [-0.2, -0.15) is 0 Å². The van der Waals surface area contributed by atoms with Crippen LogP contribution in [0.1, 0.15) is 5.69 Å². The van der Waals surface area contributed by atoms with Crippen LogP contribution in [0.15, 0.2) is 30.3 Å². The second-order valence-corrected chi connectivity index (χ2v) is 4.52. The number of hydrogen-bond donors (Lipinski definition) is 1. The maximum absolute atomic E-state index is 5.35. The predicted molar refractivity (Wildman–Crippen MR) is 77.6 cm³/mol. The van der Waals surface area contributed by atoms with E-state index < -0.39 is 0 Å². The predicted octanol–water partition coefficient (Wildman–Crippen LogP) is 2.62. The molecule has 0 aliphatic carbocycles. The number of ether oxygens (including phenoxy) is 2. The summed E-state index contributed by atoms with van der Waals surface area (Å²) < 4.78 is 10.5. The van der Waals surface area contributed by atoms with Crippen LogP contribution in [0.4, 0.5) is 5.69 Å². The first-order valence-corrected chi connectivity index (χ1v) is 6.36. The summed E-state index contributed by atoms with van der Waals surface area (Å²) in [6.45, 7) is 3.28. The second kappa shape index (κ2) is 6.50. The summed E-state index contributed by atoms with van der Waals surface area (Å²) in [6.07, 6.45) is 0.0391. The number of anilines is 1. The largest absolute Gasteiger partial charge is 0.382 e. The van der Waals surface area contributed by atoms with Crippen molar-refractivity contribution in [1.82, 2.24) is 4.98 Å². The maximum atomic E-state index is 5.35. The Morgan fingerprint density at radius 1 is 1.26 bits per heavy atom. The molecule has 0 aliphatic heterocycles. The highest BCUT2D eigenvalue weighted by Crippen LogP contribution is 2.22. The lowest BCUT2D eigenvalue weighted by atomic mass is 10.1. The number of methoxy groups -OCH3 is 2. The summed E-state index contributed by atoms with van der Waals surface area (Å²) in [6, 6.07) is 10.2. The lowest BCUT2D eigenvalue weighted by Gasteiger charge is -2.17. The van der Waals surface area contributed by atoms with Gasteiger partial charge in [0.05, 0.1) is 18.2 Å². The SMILES string of the molecule is COCC(CNc1cc(C)nc2ccccc12)OC. The molecule has 0 saturated carbocycles. The number of rotatable bonds is 6. The van der Waals surface area contributed by atoms with Crippen LogP contribution < -0.4 is 5.32 Å². The van der Waals surface area contributed by atoms with Gasteiger partial charge in [-0.1, -0.05) is 18.2 Å². The van der Waals surface area contributed by atoms with Gasteiger partial charge in [-0.05, 0) is 19.1 Å². The second-order valence-electron chi connectivity index (χ2n) is 4.52. The van der Waals surface area contributed by atoms with Crippen molar-refractivity contribution in [2.24, 2.45) is 0 Å². The molecule has 0 bridgehead atoms. The topological polar surface area (TPSA) is 43.4 Å². The van der Waals surface area contributed by atoms with Crippen LogP contribution >= 0.6 is 0 Å². The molecule has 1 atom stereocenters. The quantitative estimate of drug-likeness (QED) is 0.867. The Balaban J connectivity index is 2.20. The van der Waals surface area contributed by atoms with Crippen molar-refractivity contribution in [2.75, 3.05) is 32.7 Å². The lowest BCUT2D eigenvalue weighted by Crippen LogP contribution is -2.26. The molecular weight excluding hydrogens is 240 g/mol. The molecule has 4 nitrogen and oxygen atoms in total. The molecule has 1 unspecified atom stereocenters. The third kappa shape index (κ3) is 3.43. The van der Waals surface area contributed by atoms with E-state index in [-0.39, 0.29) is 6.10 Å². The maximum Gasteiger partial charge on any atom is 0.0976 e. The van der Waals surface area contributed by atoms with E-state index in [4.69, 9.17) is 9.47 Å². The molecule has 1 heterocycles. The summed E-state index contributed by atoms with van der Waals surface area (Å²) in [5.41, 5.74) is 3.09. The smallest absolute Gasteiger partial charge is 0.0976 e. The molecule has 2 aromatic rings. The van der Waals surface area contributed by atoms with Gasteiger partial charge >= 0.3 is 0 Å². The summed E-state index contributed by atoms with van der Waals surface area (Å²) in [7, 11) is 3.37. The number of nitrogens with zero attached hydrogens (tertiary/aromatic N) is 1.